The molecular weight excluding hydrogens is 370 g/mol. The van der Waals surface area contributed by atoms with Crippen molar-refractivity contribution in [3.63, 3.8) is 0 Å². The van der Waals surface area contributed by atoms with Gasteiger partial charge in [-0.05, 0) is 49.4 Å². The third-order valence-electron chi connectivity index (χ3n) is 4.14. The van der Waals surface area contributed by atoms with E-state index in [1.807, 2.05) is 19.1 Å². The standard InChI is InChI=1S/C22H19N3O4/c1-14-3-7-18(8-4-14)24-20(26)16-11-17(13-23-12-16)21(27)25-19-9-5-15(6-10-19)22(28)29-2/h3-13H,1-2H3,(H,24,26)(H,25,27). The zero-order valence-electron chi connectivity index (χ0n) is 15.9. The smallest absolute Gasteiger partial charge is 0.337 e. The highest BCUT2D eigenvalue weighted by Crippen LogP contribution is 2.14. The average molecular weight is 389 g/mol. The Morgan fingerprint density at radius 3 is 1.72 bits per heavy atom. The number of esters is 1. The molecule has 0 bridgehead atoms. The molecule has 0 atom stereocenters. The van der Waals surface area contributed by atoms with E-state index in [1.165, 1.54) is 25.6 Å². The Morgan fingerprint density at radius 2 is 1.24 bits per heavy atom. The number of methoxy groups -OCH3 is 1. The van der Waals surface area contributed by atoms with Gasteiger partial charge in [0.25, 0.3) is 11.8 Å². The normalized spacial score (nSPS) is 10.1. The molecule has 7 nitrogen and oxygen atoms in total. The molecule has 2 N–H and O–H groups in total. The van der Waals surface area contributed by atoms with Crippen molar-refractivity contribution in [2.24, 2.45) is 0 Å². The first-order valence-electron chi connectivity index (χ1n) is 8.79. The van der Waals surface area contributed by atoms with Crippen LogP contribution in [0.25, 0.3) is 0 Å². The minimum Gasteiger partial charge on any atom is -0.465 e. The molecule has 3 rings (SSSR count). The van der Waals surface area contributed by atoms with E-state index in [1.54, 1.807) is 36.4 Å². The van der Waals surface area contributed by atoms with Crippen LogP contribution < -0.4 is 10.6 Å². The van der Waals surface area contributed by atoms with Gasteiger partial charge in [-0.15, -0.1) is 0 Å². The summed E-state index contributed by atoms with van der Waals surface area (Å²) < 4.78 is 4.64. The average Bonchev–Trinajstić information content (AvgIpc) is 2.75. The van der Waals surface area contributed by atoms with E-state index in [9.17, 15) is 14.4 Å². The number of carbonyl (C=O) groups excluding carboxylic acids is 3. The van der Waals surface area contributed by atoms with Crippen molar-refractivity contribution >= 4 is 29.2 Å². The number of carbonyl (C=O) groups is 3. The van der Waals surface area contributed by atoms with Gasteiger partial charge in [0, 0.05) is 23.8 Å². The summed E-state index contributed by atoms with van der Waals surface area (Å²) in [5, 5.41) is 5.47. The van der Waals surface area contributed by atoms with Crippen molar-refractivity contribution in [3.05, 3.63) is 89.2 Å². The van der Waals surface area contributed by atoms with Gasteiger partial charge in [0.05, 0.1) is 23.8 Å². The van der Waals surface area contributed by atoms with E-state index in [-0.39, 0.29) is 17.0 Å². The maximum absolute atomic E-state index is 12.5. The lowest BCUT2D eigenvalue weighted by atomic mass is 10.1. The van der Waals surface area contributed by atoms with Crippen LogP contribution in [0.5, 0.6) is 0 Å². The number of hydrogen-bond acceptors (Lipinski definition) is 5. The number of benzene rings is 2. The van der Waals surface area contributed by atoms with Crippen LogP contribution in [0.1, 0.15) is 36.6 Å². The first kappa shape index (κ1) is 19.8. The number of aryl methyl sites for hydroxylation is 1. The molecule has 0 fully saturated rings. The monoisotopic (exact) mass is 389 g/mol. The van der Waals surface area contributed by atoms with Crippen LogP contribution >= 0.6 is 0 Å². The van der Waals surface area contributed by atoms with Gasteiger partial charge in [0.1, 0.15) is 0 Å². The Hall–Kier alpha value is -4.00. The fourth-order valence-electron chi connectivity index (χ4n) is 2.54. The quantitative estimate of drug-likeness (QED) is 0.649. The van der Waals surface area contributed by atoms with Crippen LogP contribution in [0.2, 0.25) is 0 Å². The maximum Gasteiger partial charge on any atom is 0.337 e. The number of nitrogens with one attached hydrogen (secondary N) is 2. The van der Waals surface area contributed by atoms with Crippen molar-refractivity contribution < 1.29 is 19.1 Å². The van der Waals surface area contributed by atoms with Gasteiger partial charge >= 0.3 is 5.97 Å². The molecule has 2 amide bonds. The van der Waals surface area contributed by atoms with Gasteiger partial charge in [0.2, 0.25) is 0 Å². The molecule has 1 heterocycles. The summed E-state index contributed by atoms with van der Waals surface area (Å²) in [5.74, 6) is -1.24. The molecule has 0 unspecified atom stereocenters. The first-order valence-corrected chi connectivity index (χ1v) is 8.79. The largest absolute Gasteiger partial charge is 0.465 e. The maximum atomic E-state index is 12.5. The summed E-state index contributed by atoms with van der Waals surface area (Å²) in [6.07, 6.45) is 2.77. The Labute approximate surface area is 167 Å². The van der Waals surface area contributed by atoms with Crippen molar-refractivity contribution in [1.82, 2.24) is 4.98 Å². The molecule has 7 heteroatoms. The molecule has 1 aromatic heterocycles. The summed E-state index contributed by atoms with van der Waals surface area (Å²) in [7, 11) is 1.30. The fourth-order valence-corrected chi connectivity index (χ4v) is 2.54. The molecular formula is C22H19N3O4. The van der Waals surface area contributed by atoms with Crippen LogP contribution in [-0.4, -0.2) is 29.9 Å². The van der Waals surface area contributed by atoms with Gasteiger partial charge < -0.3 is 15.4 Å². The minimum absolute atomic E-state index is 0.235. The topological polar surface area (TPSA) is 97.4 Å². The van der Waals surface area contributed by atoms with Gasteiger partial charge in [-0.3, -0.25) is 14.6 Å². The Balaban J connectivity index is 1.69. The predicted molar refractivity (Wildman–Crippen MR) is 109 cm³/mol. The minimum atomic E-state index is -0.459. The number of ether oxygens (including phenoxy) is 1. The molecule has 146 valence electrons. The third-order valence-corrected chi connectivity index (χ3v) is 4.14. The highest BCUT2D eigenvalue weighted by molar-refractivity contribution is 6.08. The Kier molecular flexibility index (Phi) is 5.99. The third kappa shape index (κ3) is 5.04. The summed E-state index contributed by atoms with van der Waals surface area (Å²) in [6.45, 7) is 1.96. The van der Waals surface area contributed by atoms with E-state index in [2.05, 4.69) is 20.4 Å². The molecule has 0 radical (unpaired) electrons. The molecule has 0 saturated heterocycles. The number of pyridine rings is 1. The lowest BCUT2D eigenvalue weighted by Crippen LogP contribution is -2.16. The Morgan fingerprint density at radius 1 is 0.759 bits per heavy atom. The highest BCUT2D eigenvalue weighted by Gasteiger charge is 2.13. The molecule has 2 aromatic carbocycles. The van der Waals surface area contributed by atoms with Crippen LogP contribution in [0.3, 0.4) is 0 Å². The summed E-state index contributed by atoms with van der Waals surface area (Å²) in [4.78, 5) is 40.4. The lowest BCUT2D eigenvalue weighted by molar-refractivity contribution is 0.0600. The molecule has 0 saturated carbocycles. The van der Waals surface area contributed by atoms with Crippen LogP contribution in [-0.2, 0) is 4.74 Å². The molecule has 3 aromatic rings. The zero-order valence-corrected chi connectivity index (χ0v) is 15.9. The SMILES string of the molecule is COC(=O)c1ccc(NC(=O)c2cncc(C(=O)Nc3ccc(C)cc3)c2)cc1. The number of rotatable bonds is 5. The lowest BCUT2D eigenvalue weighted by Gasteiger charge is -2.08. The second-order valence-corrected chi connectivity index (χ2v) is 6.31. The van der Waals surface area contributed by atoms with Crippen molar-refractivity contribution in [3.8, 4) is 0 Å². The molecule has 0 aliphatic carbocycles. The van der Waals surface area contributed by atoms with Crippen molar-refractivity contribution in [1.29, 1.82) is 0 Å². The number of hydrogen-bond donors (Lipinski definition) is 2. The zero-order chi connectivity index (χ0) is 20.8. The van der Waals surface area contributed by atoms with E-state index in [0.717, 1.165) is 5.56 Å². The predicted octanol–water partition coefficient (Wildman–Crippen LogP) is 3.68. The molecule has 0 aliphatic heterocycles. The van der Waals surface area contributed by atoms with Gasteiger partial charge in [-0.25, -0.2) is 4.79 Å². The fraction of sp³-hybridized carbons (Fsp3) is 0.0909. The van der Waals surface area contributed by atoms with Crippen LogP contribution in [0.4, 0.5) is 11.4 Å². The number of anilines is 2. The van der Waals surface area contributed by atoms with Crippen molar-refractivity contribution in [2.45, 2.75) is 6.92 Å². The molecule has 0 spiro atoms. The van der Waals surface area contributed by atoms with Crippen LogP contribution in [0.15, 0.2) is 67.0 Å². The molecule has 0 aliphatic rings. The van der Waals surface area contributed by atoms with E-state index in [0.29, 0.717) is 16.9 Å². The van der Waals surface area contributed by atoms with Crippen LogP contribution in [0, 0.1) is 6.92 Å². The highest BCUT2D eigenvalue weighted by atomic mass is 16.5. The first-order chi connectivity index (χ1) is 14.0. The van der Waals surface area contributed by atoms with Gasteiger partial charge in [0.15, 0.2) is 0 Å². The van der Waals surface area contributed by atoms with E-state index in [4.69, 9.17) is 0 Å². The van der Waals surface area contributed by atoms with E-state index >= 15 is 0 Å². The van der Waals surface area contributed by atoms with Gasteiger partial charge in [-0.1, -0.05) is 17.7 Å². The van der Waals surface area contributed by atoms with Crippen molar-refractivity contribution in [2.75, 3.05) is 17.7 Å². The van der Waals surface area contributed by atoms with Gasteiger partial charge in [-0.2, -0.15) is 0 Å². The second kappa shape index (κ2) is 8.79. The summed E-state index contributed by atoms with van der Waals surface area (Å²) >= 11 is 0. The summed E-state index contributed by atoms with van der Waals surface area (Å²) in [6, 6.07) is 15.1. The molecule has 29 heavy (non-hydrogen) atoms. The Bertz CT molecular complexity index is 1040. The number of aromatic nitrogens is 1. The second-order valence-electron chi connectivity index (χ2n) is 6.31. The van der Waals surface area contributed by atoms with E-state index < -0.39 is 11.9 Å². The number of nitrogens with zero attached hydrogens (tertiary/aromatic N) is 1. The number of amides is 2. The summed E-state index contributed by atoms with van der Waals surface area (Å²) in [5.41, 5.74) is 3.11.